The molecule has 0 fully saturated rings. The zero-order valence-corrected chi connectivity index (χ0v) is 17.4. The Labute approximate surface area is 174 Å². The summed E-state index contributed by atoms with van der Waals surface area (Å²) in [4.78, 5) is 38.5. The number of nitrogens with one attached hydrogen (secondary N) is 1. The summed E-state index contributed by atoms with van der Waals surface area (Å²) >= 11 is 1.24. The minimum Gasteiger partial charge on any atom is -0.340 e. The number of thioether (sulfide) groups is 1. The fourth-order valence-electron chi connectivity index (χ4n) is 2.58. The highest BCUT2D eigenvalue weighted by atomic mass is 35.5. The van der Waals surface area contributed by atoms with E-state index >= 15 is 0 Å². The van der Waals surface area contributed by atoms with Crippen molar-refractivity contribution in [3.8, 4) is 0 Å². The van der Waals surface area contributed by atoms with E-state index in [1.807, 2.05) is 0 Å². The van der Waals surface area contributed by atoms with E-state index in [0.717, 1.165) is 0 Å². The molecule has 0 saturated heterocycles. The Hall–Kier alpha value is -2.42. The minimum absolute atomic E-state index is 0. The van der Waals surface area contributed by atoms with E-state index < -0.39 is 10.7 Å². The van der Waals surface area contributed by atoms with Gasteiger partial charge >= 0.3 is 0 Å². The Morgan fingerprint density at radius 1 is 1.18 bits per heavy atom. The summed E-state index contributed by atoms with van der Waals surface area (Å²) in [5.74, 6) is -0.693. The molecule has 28 heavy (non-hydrogen) atoms. The molecule has 0 aliphatic heterocycles. The molecule has 0 unspecified atom stereocenters. The average Bonchev–Trinajstić information content (AvgIpc) is 2.70. The van der Waals surface area contributed by atoms with Crippen LogP contribution < -0.4 is 5.32 Å². The number of carbonyl (C=O) groups is 2. The van der Waals surface area contributed by atoms with Crippen molar-refractivity contribution in [3.63, 3.8) is 0 Å². The summed E-state index contributed by atoms with van der Waals surface area (Å²) < 4.78 is 0. The van der Waals surface area contributed by atoms with Gasteiger partial charge in [0.1, 0.15) is 0 Å². The first-order chi connectivity index (χ1) is 12.9. The largest absolute Gasteiger partial charge is 0.340 e. The number of hydrogen-bond acceptors (Lipinski definition) is 6. The van der Waals surface area contributed by atoms with Gasteiger partial charge in [-0.15, -0.1) is 24.2 Å². The van der Waals surface area contributed by atoms with Crippen LogP contribution >= 0.6 is 24.2 Å². The van der Waals surface area contributed by atoms with Gasteiger partial charge in [0.15, 0.2) is 5.78 Å². The normalized spacial score (nSPS) is 10.1. The molecule has 0 bridgehead atoms. The molecule has 0 aliphatic carbocycles. The molecule has 2 aromatic rings. The second-order valence-corrected chi connectivity index (χ2v) is 6.70. The summed E-state index contributed by atoms with van der Waals surface area (Å²) in [6.45, 7) is 1.12. The third-order valence-electron chi connectivity index (χ3n) is 4.08. The quantitative estimate of drug-likeness (QED) is 0.303. The van der Waals surface area contributed by atoms with Gasteiger partial charge in [0.25, 0.3) is 11.6 Å². The van der Waals surface area contributed by atoms with Crippen molar-refractivity contribution in [2.75, 3.05) is 33.4 Å². The Balaban J connectivity index is 0.00000392. The molecule has 0 aliphatic rings. The smallest absolute Gasteiger partial charge is 0.283 e. The van der Waals surface area contributed by atoms with E-state index in [1.165, 1.54) is 22.7 Å². The molecular formula is C19H22ClN3O4S. The molecule has 0 heterocycles. The molecule has 0 radical (unpaired) electrons. The highest BCUT2D eigenvalue weighted by Crippen LogP contribution is 2.29. The lowest BCUT2D eigenvalue weighted by Gasteiger charge is -2.18. The van der Waals surface area contributed by atoms with Crippen LogP contribution in [0.1, 0.15) is 26.3 Å². The van der Waals surface area contributed by atoms with E-state index in [9.17, 15) is 19.7 Å². The predicted molar refractivity (Wildman–Crippen MR) is 113 cm³/mol. The van der Waals surface area contributed by atoms with Gasteiger partial charge in [-0.2, -0.15) is 0 Å². The van der Waals surface area contributed by atoms with Crippen LogP contribution in [0.5, 0.6) is 0 Å². The molecule has 0 saturated carbocycles. The monoisotopic (exact) mass is 423 g/mol. The molecule has 1 amide bonds. The SMILES string of the molecule is CNCCN(C)C(=O)c1ccccc1C(=O)c1ccc(SC)c([N+](=O)[O-])c1.Cl. The standard InChI is InChI=1S/C19H21N3O4S.ClH/c1-20-10-11-21(2)19(24)15-7-5-4-6-14(15)18(23)13-8-9-17(27-3)16(12-13)22(25)26;/h4-9,12,20H,10-11H2,1-3H3;1H. The van der Waals surface area contributed by atoms with Crippen LogP contribution in [0.15, 0.2) is 47.4 Å². The van der Waals surface area contributed by atoms with Gasteiger partial charge in [0.05, 0.1) is 15.4 Å². The number of benzene rings is 2. The van der Waals surface area contributed by atoms with Crippen LogP contribution in [0.4, 0.5) is 5.69 Å². The number of halogens is 1. The second-order valence-electron chi connectivity index (χ2n) is 5.85. The Bertz CT molecular complexity index is 876. The maximum atomic E-state index is 13.0. The fourth-order valence-corrected chi connectivity index (χ4v) is 3.13. The first-order valence-corrected chi connectivity index (χ1v) is 9.49. The third-order valence-corrected chi connectivity index (χ3v) is 4.87. The number of hydrogen-bond donors (Lipinski definition) is 1. The van der Waals surface area contributed by atoms with Crippen LogP contribution in [0.25, 0.3) is 0 Å². The molecule has 0 aromatic heterocycles. The van der Waals surface area contributed by atoms with Gasteiger partial charge in [0.2, 0.25) is 0 Å². The van der Waals surface area contributed by atoms with E-state index in [-0.39, 0.29) is 40.7 Å². The van der Waals surface area contributed by atoms with Crippen LogP contribution in [0.2, 0.25) is 0 Å². The van der Waals surface area contributed by atoms with Gasteiger partial charge < -0.3 is 10.2 Å². The van der Waals surface area contributed by atoms with E-state index in [1.54, 1.807) is 56.7 Å². The molecule has 2 rings (SSSR count). The second kappa shape index (κ2) is 10.8. The van der Waals surface area contributed by atoms with Crippen LogP contribution in [0.3, 0.4) is 0 Å². The summed E-state index contributed by atoms with van der Waals surface area (Å²) in [6.07, 6.45) is 1.73. The maximum Gasteiger partial charge on any atom is 0.283 e. The number of rotatable bonds is 8. The summed E-state index contributed by atoms with van der Waals surface area (Å²) in [5.41, 5.74) is 0.559. The topological polar surface area (TPSA) is 92.6 Å². The molecule has 0 spiro atoms. The van der Waals surface area contributed by atoms with Gasteiger partial charge in [-0.05, 0) is 31.5 Å². The van der Waals surface area contributed by atoms with E-state index in [0.29, 0.717) is 18.0 Å². The van der Waals surface area contributed by atoms with Gasteiger partial charge in [-0.25, -0.2) is 0 Å². The number of nitro benzene ring substituents is 1. The van der Waals surface area contributed by atoms with Crippen molar-refractivity contribution in [1.29, 1.82) is 0 Å². The summed E-state index contributed by atoms with van der Waals surface area (Å²) in [5, 5.41) is 14.2. The lowest BCUT2D eigenvalue weighted by molar-refractivity contribution is -0.387. The molecular weight excluding hydrogens is 402 g/mol. The van der Waals surface area contributed by atoms with Gasteiger partial charge in [0, 0.05) is 37.3 Å². The number of ketones is 1. The molecule has 9 heteroatoms. The van der Waals surface area contributed by atoms with Crippen LogP contribution in [0, 0.1) is 10.1 Å². The van der Waals surface area contributed by atoms with Crippen LogP contribution in [-0.2, 0) is 0 Å². The Kier molecular flexibility index (Phi) is 9.11. The fraction of sp³-hybridized carbons (Fsp3) is 0.263. The van der Waals surface area contributed by atoms with Crippen molar-refractivity contribution in [3.05, 3.63) is 69.3 Å². The summed E-state index contributed by atoms with van der Waals surface area (Å²) in [6, 6.07) is 10.9. The zero-order valence-electron chi connectivity index (χ0n) is 15.8. The minimum atomic E-state index is -0.509. The van der Waals surface area contributed by atoms with E-state index in [2.05, 4.69) is 5.32 Å². The number of nitro groups is 1. The van der Waals surface area contributed by atoms with E-state index in [4.69, 9.17) is 0 Å². The average molecular weight is 424 g/mol. The highest BCUT2D eigenvalue weighted by Gasteiger charge is 2.23. The molecule has 150 valence electrons. The number of amides is 1. The van der Waals surface area contributed by atoms with Gasteiger partial charge in [-0.1, -0.05) is 18.2 Å². The highest BCUT2D eigenvalue weighted by molar-refractivity contribution is 7.98. The zero-order chi connectivity index (χ0) is 20.0. The lowest BCUT2D eigenvalue weighted by atomic mass is 9.97. The number of carbonyl (C=O) groups excluding carboxylic acids is 2. The van der Waals surface area contributed by atoms with Crippen molar-refractivity contribution in [1.82, 2.24) is 10.2 Å². The predicted octanol–water partition coefficient (Wildman–Crippen LogP) is 3.26. The van der Waals surface area contributed by atoms with Gasteiger partial charge in [-0.3, -0.25) is 19.7 Å². The summed E-state index contributed by atoms with van der Waals surface area (Å²) in [7, 11) is 3.46. The Morgan fingerprint density at radius 2 is 1.82 bits per heavy atom. The number of nitrogens with zero attached hydrogens (tertiary/aromatic N) is 2. The van der Waals surface area contributed by atoms with Crippen molar-refractivity contribution in [2.24, 2.45) is 0 Å². The molecule has 2 aromatic carbocycles. The van der Waals surface area contributed by atoms with Crippen molar-refractivity contribution < 1.29 is 14.5 Å². The van der Waals surface area contributed by atoms with Crippen LogP contribution in [-0.4, -0.2) is 55.0 Å². The van der Waals surface area contributed by atoms with Crippen molar-refractivity contribution >= 4 is 41.5 Å². The molecule has 1 N–H and O–H groups in total. The first kappa shape index (κ1) is 23.6. The van der Waals surface area contributed by atoms with Crippen molar-refractivity contribution in [2.45, 2.75) is 4.90 Å². The maximum absolute atomic E-state index is 13.0. The number of likely N-dealkylation sites (N-methyl/N-ethyl adjacent to an activating group) is 2. The molecule has 0 atom stereocenters. The lowest BCUT2D eigenvalue weighted by Crippen LogP contribution is -2.33. The first-order valence-electron chi connectivity index (χ1n) is 8.27. The Morgan fingerprint density at radius 3 is 2.39 bits per heavy atom. The molecule has 7 nitrogen and oxygen atoms in total. The third kappa shape index (κ3) is 5.31.